The number of nitrogens with one attached hydrogen (secondary N) is 2. The summed E-state index contributed by atoms with van der Waals surface area (Å²) in [5, 5.41) is 13.9. The Hall–Kier alpha value is -1.80. The highest BCUT2D eigenvalue weighted by atomic mass is 19.4. The van der Waals surface area contributed by atoms with E-state index in [2.05, 4.69) is 16.3 Å². The predicted molar refractivity (Wildman–Crippen MR) is 78.9 cm³/mol. The molecule has 1 aliphatic heterocycles. The predicted octanol–water partition coefficient (Wildman–Crippen LogP) is 1.27. The Morgan fingerprint density at radius 3 is 2.65 bits per heavy atom. The first-order valence-corrected chi connectivity index (χ1v) is 7.39. The number of rotatable bonds is 5. The van der Waals surface area contributed by atoms with Crippen LogP contribution in [0.25, 0.3) is 0 Å². The Kier molecular flexibility index (Phi) is 5.84. The van der Waals surface area contributed by atoms with Crippen LogP contribution in [-0.2, 0) is 13.0 Å². The van der Waals surface area contributed by atoms with Crippen molar-refractivity contribution in [3.05, 3.63) is 35.4 Å². The van der Waals surface area contributed by atoms with Crippen LogP contribution in [0.15, 0.2) is 24.3 Å². The summed E-state index contributed by atoms with van der Waals surface area (Å²) in [6.07, 6.45) is -4.39. The second-order valence-electron chi connectivity index (χ2n) is 5.59. The van der Waals surface area contributed by atoms with E-state index in [1.807, 2.05) is 18.2 Å². The van der Waals surface area contributed by atoms with Gasteiger partial charge in [0.15, 0.2) is 0 Å². The van der Waals surface area contributed by atoms with Crippen LogP contribution in [0.2, 0.25) is 0 Å². The number of halogens is 3. The summed E-state index contributed by atoms with van der Waals surface area (Å²) in [6, 6.07) is 7.13. The summed E-state index contributed by atoms with van der Waals surface area (Å²) in [6.45, 7) is 0.384. The molecule has 2 rings (SSSR count). The lowest BCUT2D eigenvalue weighted by Crippen LogP contribution is -2.46. The summed E-state index contributed by atoms with van der Waals surface area (Å²) in [4.78, 5) is 13.3. The lowest BCUT2D eigenvalue weighted by Gasteiger charge is -2.30. The van der Waals surface area contributed by atoms with Gasteiger partial charge in [-0.1, -0.05) is 24.3 Å². The van der Waals surface area contributed by atoms with E-state index in [9.17, 15) is 23.1 Å². The molecule has 1 aromatic rings. The van der Waals surface area contributed by atoms with E-state index in [1.54, 1.807) is 5.32 Å². The van der Waals surface area contributed by atoms with Gasteiger partial charge in [-0.05, 0) is 17.5 Å². The smallest absolute Gasteiger partial charge is 0.390 e. The Labute approximate surface area is 132 Å². The van der Waals surface area contributed by atoms with Crippen molar-refractivity contribution < 1.29 is 23.1 Å². The van der Waals surface area contributed by atoms with Crippen molar-refractivity contribution in [1.29, 1.82) is 0 Å². The van der Waals surface area contributed by atoms with Gasteiger partial charge in [0.25, 0.3) is 0 Å². The van der Waals surface area contributed by atoms with Crippen LogP contribution in [0.1, 0.15) is 11.1 Å². The topological polar surface area (TPSA) is 64.6 Å². The Bertz CT molecular complexity index is 537. The highest BCUT2D eigenvalue weighted by Crippen LogP contribution is 2.18. The maximum atomic E-state index is 11.9. The van der Waals surface area contributed by atoms with Gasteiger partial charge in [-0.25, -0.2) is 4.79 Å². The molecule has 0 aliphatic carbocycles. The molecule has 23 heavy (non-hydrogen) atoms. The van der Waals surface area contributed by atoms with Crippen molar-refractivity contribution in [1.82, 2.24) is 15.5 Å². The normalized spacial score (nSPS) is 16.5. The molecule has 8 heteroatoms. The summed E-state index contributed by atoms with van der Waals surface area (Å²) in [5.74, 6) is 0. The van der Waals surface area contributed by atoms with Crippen molar-refractivity contribution in [2.45, 2.75) is 25.2 Å². The van der Waals surface area contributed by atoms with Crippen molar-refractivity contribution >= 4 is 6.03 Å². The third-order valence-electron chi connectivity index (χ3n) is 3.63. The second kappa shape index (κ2) is 7.65. The minimum Gasteiger partial charge on any atom is -0.390 e. The molecule has 0 fully saturated rings. The molecule has 1 heterocycles. The molecule has 0 spiro atoms. The zero-order valence-electron chi connectivity index (χ0n) is 12.6. The van der Waals surface area contributed by atoms with Gasteiger partial charge >= 0.3 is 12.2 Å². The van der Waals surface area contributed by atoms with Crippen LogP contribution in [0.5, 0.6) is 0 Å². The Morgan fingerprint density at radius 1 is 1.26 bits per heavy atom. The molecule has 2 amide bonds. The number of hydrogen-bond acceptors (Lipinski definition) is 3. The van der Waals surface area contributed by atoms with Gasteiger partial charge in [-0.2, -0.15) is 13.2 Å². The average molecular weight is 331 g/mol. The van der Waals surface area contributed by atoms with Gasteiger partial charge in [0.2, 0.25) is 0 Å². The number of hydrogen-bond donors (Lipinski definition) is 3. The molecular formula is C15H20F3N3O2. The maximum Gasteiger partial charge on any atom is 0.405 e. The van der Waals surface area contributed by atoms with E-state index in [0.29, 0.717) is 13.1 Å². The second-order valence-corrected chi connectivity index (χ2v) is 5.59. The van der Waals surface area contributed by atoms with Crippen molar-refractivity contribution in [3.8, 4) is 0 Å². The van der Waals surface area contributed by atoms with Crippen molar-refractivity contribution in [3.63, 3.8) is 0 Å². The summed E-state index contributed by atoms with van der Waals surface area (Å²) in [5.41, 5.74) is 2.50. The molecule has 5 nitrogen and oxygen atoms in total. The van der Waals surface area contributed by atoms with Crippen molar-refractivity contribution in [2.75, 3.05) is 26.2 Å². The number of alkyl halides is 3. The van der Waals surface area contributed by atoms with Crippen LogP contribution in [-0.4, -0.2) is 54.5 Å². The third kappa shape index (κ3) is 6.07. The van der Waals surface area contributed by atoms with Gasteiger partial charge in [-0.15, -0.1) is 0 Å². The quantitative estimate of drug-likeness (QED) is 0.761. The van der Waals surface area contributed by atoms with E-state index in [0.717, 1.165) is 13.0 Å². The van der Waals surface area contributed by atoms with Gasteiger partial charge in [0.1, 0.15) is 6.54 Å². The first kappa shape index (κ1) is 17.6. The number of fused-ring (bicyclic) bond motifs is 1. The number of urea groups is 1. The monoisotopic (exact) mass is 331 g/mol. The largest absolute Gasteiger partial charge is 0.405 e. The van der Waals surface area contributed by atoms with E-state index in [-0.39, 0.29) is 6.54 Å². The fourth-order valence-electron chi connectivity index (χ4n) is 2.53. The van der Waals surface area contributed by atoms with Crippen LogP contribution in [0.4, 0.5) is 18.0 Å². The minimum atomic E-state index is -4.45. The molecule has 1 aliphatic rings. The standard InChI is InChI=1S/C15H20F3N3O2/c16-15(17,18)10-20-14(23)19-7-13(22)9-21-6-5-11-3-1-2-4-12(11)8-21/h1-4,13,22H,5-10H2,(H2,19,20,23). The summed E-state index contributed by atoms with van der Waals surface area (Å²) < 4.78 is 35.8. The fraction of sp³-hybridized carbons (Fsp3) is 0.533. The third-order valence-corrected chi connectivity index (χ3v) is 3.63. The molecule has 1 atom stereocenters. The number of aliphatic hydroxyl groups excluding tert-OH is 1. The summed E-state index contributed by atoms with van der Waals surface area (Å²) in [7, 11) is 0. The molecule has 0 radical (unpaired) electrons. The Balaban J connectivity index is 1.69. The molecule has 0 saturated carbocycles. The average Bonchev–Trinajstić information content (AvgIpc) is 2.50. The van der Waals surface area contributed by atoms with E-state index in [4.69, 9.17) is 0 Å². The molecule has 0 aromatic heterocycles. The van der Waals surface area contributed by atoms with Gasteiger partial charge in [-0.3, -0.25) is 4.90 Å². The molecule has 3 N–H and O–H groups in total. The zero-order chi connectivity index (χ0) is 16.9. The first-order chi connectivity index (χ1) is 10.8. The molecule has 1 aromatic carbocycles. The molecule has 0 saturated heterocycles. The number of nitrogens with zero attached hydrogens (tertiary/aromatic N) is 1. The highest BCUT2D eigenvalue weighted by Gasteiger charge is 2.27. The molecule has 128 valence electrons. The van der Waals surface area contributed by atoms with E-state index >= 15 is 0 Å². The highest BCUT2D eigenvalue weighted by molar-refractivity contribution is 5.73. The number of benzene rings is 1. The number of amides is 2. The SMILES string of the molecule is O=C(NCC(O)CN1CCc2ccccc2C1)NCC(F)(F)F. The lowest BCUT2D eigenvalue weighted by molar-refractivity contribution is -0.122. The minimum absolute atomic E-state index is 0.0954. The number of aliphatic hydroxyl groups is 1. The molecule has 1 unspecified atom stereocenters. The zero-order valence-corrected chi connectivity index (χ0v) is 12.6. The van der Waals surface area contributed by atoms with Gasteiger partial charge in [0.05, 0.1) is 6.10 Å². The van der Waals surface area contributed by atoms with Crippen molar-refractivity contribution in [2.24, 2.45) is 0 Å². The lowest BCUT2D eigenvalue weighted by atomic mass is 10.00. The molecule has 0 bridgehead atoms. The van der Waals surface area contributed by atoms with Crippen LogP contribution in [0.3, 0.4) is 0 Å². The maximum absolute atomic E-state index is 11.9. The number of carbonyl (C=O) groups is 1. The van der Waals surface area contributed by atoms with Crippen LogP contribution < -0.4 is 10.6 Å². The number of carbonyl (C=O) groups excluding carboxylic acids is 1. The van der Waals surface area contributed by atoms with Gasteiger partial charge < -0.3 is 15.7 Å². The molecular weight excluding hydrogens is 311 g/mol. The Morgan fingerprint density at radius 2 is 1.96 bits per heavy atom. The first-order valence-electron chi connectivity index (χ1n) is 7.39. The van der Waals surface area contributed by atoms with Gasteiger partial charge in [0, 0.05) is 26.2 Å². The van der Waals surface area contributed by atoms with Crippen LogP contribution in [0, 0.1) is 0 Å². The van der Waals surface area contributed by atoms with E-state index < -0.39 is 24.9 Å². The van der Waals surface area contributed by atoms with E-state index in [1.165, 1.54) is 11.1 Å². The summed E-state index contributed by atoms with van der Waals surface area (Å²) >= 11 is 0. The van der Waals surface area contributed by atoms with Crippen LogP contribution >= 0.6 is 0 Å². The fourth-order valence-corrected chi connectivity index (χ4v) is 2.53. The number of β-amino-alcohol motifs (C(OH)–C–C–N with tert-alkyl or cyclic N) is 1.